The molecule has 0 unspecified atom stereocenters. The van der Waals surface area contributed by atoms with Gasteiger partial charge in [0.2, 0.25) is 0 Å². The number of rotatable bonds is 1. The number of nitrogens with two attached hydrogens (primary N) is 1. The van der Waals surface area contributed by atoms with Crippen LogP contribution in [0.2, 0.25) is 0 Å². The van der Waals surface area contributed by atoms with E-state index in [1.165, 1.54) is 0 Å². The molecule has 0 spiro atoms. The Kier molecular flexibility index (Phi) is 1.85. The van der Waals surface area contributed by atoms with Crippen molar-refractivity contribution in [1.29, 1.82) is 0 Å². The molecule has 0 radical (unpaired) electrons. The van der Waals surface area contributed by atoms with Gasteiger partial charge in [-0.3, -0.25) is 10.1 Å². The quantitative estimate of drug-likeness (QED) is 0.575. The molecule has 0 amide bonds. The second kappa shape index (κ2) is 2.91. The number of nitrogen functional groups attached to an aromatic ring is 1. The first-order valence-corrected chi connectivity index (χ1v) is 4.71. The van der Waals surface area contributed by atoms with E-state index in [1.54, 1.807) is 12.1 Å². The first-order chi connectivity index (χ1) is 6.59. The van der Waals surface area contributed by atoms with Gasteiger partial charge in [-0.1, -0.05) is 0 Å². The van der Waals surface area contributed by atoms with Crippen molar-refractivity contribution < 1.29 is 4.92 Å². The van der Waals surface area contributed by atoms with Crippen LogP contribution >= 0.6 is 11.3 Å². The number of aryl methyl sites for hydroxylation is 1. The molecule has 0 aliphatic carbocycles. The Morgan fingerprint density at radius 2 is 2.29 bits per heavy atom. The molecule has 0 aliphatic rings. The predicted molar refractivity (Wildman–Crippen MR) is 55.4 cm³/mol. The van der Waals surface area contributed by atoms with Crippen molar-refractivity contribution in [3.63, 3.8) is 0 Å². The van der Waals surface area contributed by atoms with E-state index in [1.807, 2.05) is 6.92 Å². The summed E-state index contributed by atoms with van der Waals surface area (Å²) in [5.74, 6) is 0. The number of nitro groups is 1. The van der Waals surface area contributed by atoms with Gasteiger partial charge in [-0.05, 0) is 30.4 Å². The molecule has 0 fully saturated rings. The van der Waals surface area contributed by atoms with Crippen LogP contribution in [0, 0.1) is 17.0 Å². The Balaban J connectivity index is 2.79. The minimum Gasteiger partial charge on any atom is -0.392 e. The SMILES string of the molecule is Cc1ccc2c(N)c([N+](=O)[O-])sc2n1. The summed E-state index contributed by atoms with van der Waals surface area (Å²) >= 11 is 1.01. The Hall–Kier alpha value is -1.69. The van der Waals surface area contributed by atoms with Gasteiger partial charge in [0.25, 0.3) is 0 Å². The average molecular weight is 209 g/mol. The van der Waals surface area contributed by atoms with Gasteiger partial charge in [0.15, 0.2) is 0 Å². The predicted octanol–water partition coefficient (Wildman–Crippen LogP) is 2.10. The van der Waals surface area contributed by atoms with Crippen LogP contribution in [0.1, 0.15) is 5.69 Å². The lowest BCUT2D eigenvalue weighted by atomic mass is 10.3. The van der Waals surface area contributed by atoms with Gasteiger partial charge < -0.3 is 5.73 Å². The van der Waals surface area contributed by atoms with E-state index >= 15 is 0 Å². The summed E-state index contributed by atoms with van der Waals surface area (Å²) in [6.45, 7) is 1.83. The molecule has 2 heterocycles. The highest BCUT2D eigenvalue weighted by molar-refractivity contribution is 7.22. The molecule has 0 aromatic carbocycles. The third kappa shape index (κ3) is 1.20. The summed E-state index contributed by atoms with van der Waals surface area (Å²) in [5.41, 5.74) is 6.66. The summed E-state index contributed by atoms with van der Waals surface area (Å²) < 4.78 is 0. The number of nitrogens with zero attached hydrogens (tertiary/aromatic N) is 2. The summed E-state index contributed by atoms with van der Waals surface area (Å²) in [5, 5.41) is 11.2. The molecule has 2 N–H and O–H groups in total. The van der Waals surface area contributed by atoms with Crippen molar-refractivity contribution in [3.05, 3.63) is 27.9 Å². The van der Waals surface area contributed by atoms with Crippen LogP contribution in [-0.2, 0) is 0 Å². The molecule has 0 saturated heterocycles. The van der Waals surface area contributed by atoms with Crippen LogP contribution in [0.4, 0.5) is 10.7 Å². The summed E-state index contributed by atoms with van der Waals surface area (Å²) in [7, 11) is 0. The number of pyridine rings is 1. The van der Waals surface area contributed by atoms with E-state index in [-0.39, 0.29) is 10.7 Å². The lowest BCUT2D eigenvalue weighted by Gasteiger charge is -1.91. The maximum atomic E-state index is 10.6. The maximum absolute atomic E-state index is 10.6. The topological polar surface area (TPSA) is 82.0 Å². The molecule has 0 atom stereocenters. The number of thiophene rings is 1. The van der Waals surface area contributed by atoms with Crippen molar-refractivity contribution >= 4 is 32.2 Å². The lowest BCUT2D eigenvalue weighted by Crippen LogP contribution is -1.90. The van der Waals surface area contributed by atoms with Crippen molar-refractivity contribution in [1.82, 2.24) is 4.98 Å². The van der Waals surface area contributed by atoms with Gasteiger partial charge in [-0.25, -0.2) is 4.98 Å². The van der Waals surface area contributed by atoms with E-state index in [0.29, 0.717) is 10.2 Å². The fraction of sp³-hybridized carbons (Fsp3) is 0.125. The monoisotopic (exact) mass is 209 g/mol. The number of anilines is 1. The van der Waals surface area contributed by atoms with Crippen molar-refractivity contribution in [2.45, 2.75) is 6.92 Å². The first kappa shape index (κ1) is 8.89. The van der Waals surface area contributed by atoms with Crippen LogP contribution in [0.3, 0.4) is 0 Å². The van der Waals surface area contributed by atoms with Gasteiger partial charge >= 0.3 is 5.00 Å². The van der Waals surface area contributed by atoms with Crippen molar-refractivity contribution in [2.75, 3.05) is 5.73 Å². The zero-order valence-electron chi connectivity index (χ0n) is 7.35. The fourth-order valence-electron chi connectivity index (χ4n) is 1.21. The molecule has 2 aromatic rings. The third-order valence-electron chi connectivity index (χ3n) is 1.88. The number of hydrogen-bond acceptors (Lipinski definition) is 5. The minimum atomic E-state index is -0.475. The largest absolute Gasteiger partial charge is 0.392 e. The van der Waals surface area contributed by atoms with Gasteiger partial charge in [0.1, 0.15) is 10.5 Å². The molecule has 2 aromatic heterocycles. The van der Waals surface area contributed by atoms with Gasteiger partial charge in [0.05, 0.1) is 4.92 Å². The average Bonchev–Trinajstić information content (AvgIpc) is 2.43. The molecule has 0 saturated carbocycles. The van der Waals surface area contributed by atoms with E-state index in [2.05, 4.69) is 4.98 Å². The zero-order valence-corrected chi connectivity index (χ0v) is 8.17. The smallest absolute Gasteiger partial charge is 0.349 e. The fourth-order valence-corrected chi connectivity index (χ4v) is 2.17. The standard InChI is InChI=1S/C8H7N3O2S/c1-4-2-3-5-6(9)8(11(12)13)14-7(5)10-4/h2-3H,9H2,1H3. The Labute approximate surface area is 83.3 Å². The van der Waals surface area contributed by atoms with Crippen LogP contribution in [-0.4, -0.2) is 9.91 Å². The summed E-state index contributed by atoms with van der Waals surface area (Å²) in [6.07, 6.45) is 0. The molecule has 0 aliphatic heterocycles. The Morgan fingerprint density at radius 1 is 1.57 bits per heavy atom. The molecule has 14 heavy (non-hydrogen) atoms. The second-order valence-corrected chi connectivity index (χ2v) is 3.86. The molecule has 2 rings (SSSR count). The van der Waals surface area contributed by atoms with Crippen molar-refractivity contribution in [3.8, 4) is 0 Å². The molecule has 5 nitrogen and oxygen atoms in total. The Bertz CT molecular complexity index is 521. The van der Waals surface area contributed by atoms with Crippen LogP contribution in [0.5, 0.6) is 0 Å². The summed E-state index contributed by atoms with van der Waals surface area (Å²) in [4.78, 5) is 14.9. The second-order valence-electron chi connectivity index (χ2n) is 2.88. The lowest BCUT2D eigenvalue weighted by molar-refractivity contribution is -0.379. The highest BCUT2D eigenvalue weighted by Crippen LogP contribution is 2.38. The van der Waals surface area contributed by atoms with Crippen LogP contribution in [0.15, 0.2) is 12.1 Å². The number of aromatic nitrogens is 1. The van der Waals surface area contributed by atoms with Gasteiger partial charge in [-0.15, -0.1) is 0 Å². The first-order valence-electron chi connectivity index (χ1n) is 3.89. The van der Waals surface area contributed by atoms with Crippen LogP contribution < -0.4 is 5.73 Å². The van der Waals surface area contributed by atoms with Crippen LogP contribution in [0.25, 0.3) is 10.2 Å². The Morgan fingerprint density at radius 3 is 2.93 bits per heavy atom. The molecular formula is C8H7N3O2S. The van der Waals surface area contributed by atoms with Gasteiger partial charge in [0, 0.05) is 11.1 Å². The van der Waals surface area contributed by atoms with E-state index in [4.69, 9.17) is 5.73 Å². The van der Waals surface area contributed by atoms with Crippen molar-refractivity contribution in [2.24, 2.45) is 0 Å². The molecule has 72 valence electrons. The third-order valence-corrected chi connectivity index (χ3v) is 2.95. The normalized spacial score (nSPS) is 10.6. The number of hydrogen-bond donors (Lipinski definition) is 1. The highest BCUT2D eigenvalue weighted by atomic mass is 32.1. The van der Waals surface area contributed by atoms with E-state index < -0.39 is 4.92 Å². The minimum absolute atomic E-state index is 0.0295. The number of fused-ring (bicyclic) bond motifs is 1. The van der Waals surface area contributed by atoms with E-state index in [0.717, 1.165) is 17.0 Å². The summed E-state index contributed by atoms with van der Waals surface area (Å²) in [6, 6.07) is 3.55. The van der Waals surface area contributed by atoms with Gasteiger partial charge in [-0.2, -0.15) is 0 Å². The molecule has 6 heteroatoms. The maximum Gasteiger partial charge on any atom is 0.349 e. The molecular weight excluding hydrogens is 202 g/mol. The molecule has 0 bridgehead atoms. The zero-order chi connectivity index (χ0) is 10.3. The van der Waals surface area contributed by atoms with E-state index in [9.17, 15) is 10.1 Å². The highest BCUT2D eigenvalue weighted by Gasteiger charge is 2.19.